The second-order valence-corrected chi connectivity index (χ2v) is 9.67. The monoisotopic (exact) mass is 449 g/mol. The summed E-state index contributed by atoms with van der Waals surface area (Å²) < 4.78 is 0. The second-order valence-electron chi connectivity index (χ2n) is 7.82. The van der Waals surface area contributed by atoms with E-state index in [2.05, 4.69) is 32.8 Å². The van der Waals surface area contributed by atoms with Crippen LogP contribution in [0.15, 0.2) is 40.2 Å². The van der Waals surface area contributed by atoms with Crippen LogP contribution in [0.1, 0.15) is 25.7 Å². The second kappa shape index (κ2) is 7.52. The van der Waals surface area contributed by atoms with E-state index in [1.165, 1.54) is 19.0 Å². The molecule has 1 unspecified atom stereocenters. The Morgan fingerprint density at radius 2 is 2.14 bits per heavy atom. The quantitative estimate of drug-likeness (QED) is 0.680. The molecule has 2 aliphatic heterocycles. The lowest BCUT2D eigenvalue weighted by Gasteiger charge is -2.39. The zero-order valence-electron chi connectivity index (χ0n) is 15.9. The molecule has 9 heteroatoms. The molecule has 6 nitrogen and oxygen atoms in total. The minimum absolute atomic E-state index is 0.0299. The first-order valence-corrected chi connectivity index (χ1v) is 11.5. The Balaban J connectivity index is 1.50. The van der Waals surface area contributed by atoms with Gasteiger partial charge in [0, 0.05) is 30.1 Å². The van der Waals surface area contributed by atoms with E-state index in [0.717, 1.165) is 46.4 Å². The van der Waals surface area contributed by atoms with E-state index in [1.54, 1.807) is 11.8 Å². The Bertz CT molecular complexity index is 972. The van der Waals surface area contributed by atoms with E-state index >= 15 is 0 Å². The van der Waals surface area contributed by atoms with Crippen LogP contribution >= 0.6 is 35.0 Å². The number of carbonyl (C=O) groups excluding carboxylic acids is 1. The molecule has 0 aromatic carbocycles. The summed E-state index contributed by atoms with van der Waals surface area (Å²) in [6, 6.07) is 0.479. The van der Waals surface area contributed by atoms with Gasteiger partial charge in [0.1, 0.15) is 5.02 Å². The first-order chi connectivity index (χ1) is 14.0. The van der Waals surface area contributed by atoms with E-state index in [-0.39, 0.29) is 17.2 Å². The number of carbonyl (C=O) groups is 1. The number of hydrogen-bond donors (Lipinski definition) is 2. The van der Waals surface area contributed by atoms with E-state index in [9.17, 15) is 4.79 Å². The van der Waals surface area contributed by atoms with E-state index in [1.807, 2.05) is 11.9 Å². The Hall–Kier alpha value is -1.70. The number of allylic oxidation sites excluding steroid dienone is 1. The first kappa shape index (κ1) is 19.3. The summed E-state index contributed by atoms with van der Waals surface area (Å²) >= 11 is 13.8. The maximum Gasteiger partial charge on any atom is 0.262 e. The zero-order valence-corrected chi connectivity index (χ0v) is 18.2. The van der Waals surface area contributed by atoms with Gasteiger partial charge in [0.25, 0.3) is 5.91 Å². The van der Waals surface area contributed by atoms with Crippen LogP contribution in [0.4, 0.5) is 5.82 Å². The van der Waals surface area contributed by atoms with Crippen molar-refractivity contribution in [2.75, 3.05) is 18.1 Å². The van der Waals surface area contributed by atoms with Crippen LogP contribution in [0.2, 0.25) is 10.3 Å². The number of anilines is 1. The SMILES string of the molecule is CN1C(=O)C2=C(N[C@@H](C3CC3)CCS2)C2=CC(Nc3nc(Cl)ncc3Cl)=CCC21. The lowest BCUT2D eigenvalue weighted by molar-refractivity contribution is -0.127. The molecule has 1 saturated carbocycles. The maximum atomic E-state index is 13.0. The van der Waals surface area contributed by atoms with Crippen LogP contribution in [0.5, 0.6) is 0 Å². The van der Waals surface area contributed by atoms with Crippen molar-refractivity contribution >= 4 is 46.7 Å². The standard InChI is InChI=1S/C20H21Cl2N5OS/c1-27-15-5-4-11(24-18-13(21)9-23-20(22)26-18)8-12(15)16-17(19(27)28)29-7-6-14(25-16)10-2-3-10/h4,8-10,14-15,25H,2-3,5-7H2,1H3,(H,23,24,26)/t14-,15?/m1/s1. The molecule has 0 bridgehead atoms. The topological polar surface area (TPSA) is 70.2 Å². The molecule has 3 heterocycles. The summed E-state index contributed by atoms with van der Waals surface area (Å²) in [5, 5.41) is 7.56. The van der Waals surface area contributed by atoms with E-state index < -0.39 is 0 Å². The largest absolute Gasteiger partial charge is 0.381 e. The fourth-order valence-corrected chi connectivity index (χ4v) is 5.61. The van der Waals surface area contributed by atoms with E-state index in [4.69, 9.17) is 23.2 Å². The van der Waals surface area contributed by atoms with Gasteiger partial charge < -0.3 is 15.5 Å². The van der Waals surface area contributed by atoms with Crippen molar-refractivity contribution in [3.05, 3.63) is 50.5 Å². The van der Waals surface area contributed by atoms with Gasteiger partial charge in [0.15, 0.2) is 5.82 Å². The highest BCUT2D eigenvalue weighted by Crippen LogP contribution is 2.43. The molecule has 1 fully saturated rings. The van der Waals surface area contributed by atoms with Crippen molar-refractivity contribution in [3.63, 3.8) is 0 Å². The molecule has 2 N–H and O–H groups in total. The first-order valence-electron chi connectivity index (χ1n) is 9.79. The summed E-state index contributed by atoms with van der Waals surface area (Å²) in [6.45, 7) is 0. The van der Waals surface area contributed by atoms with Gasteiger partial charge in [-0.05, 0) is 49.3 Å². The fraction of sp³-hybridized carbons (Fsp3) is 0.450. The predicted octanol–water partition coefficient (Wildman–Crippen LogP) is 3.97. The van der Waals surface area contributed by atoms with Crippen LogP contribution in [-0.2, 0) is 4.79 Å². The molecule has 29 heavy (non-hydrogen) atoms. The van der Waals surface area contributed by atoms with Crippen LogP contribution in [-0.4, -0.2) is 45.7 Å². The van der Waals surface area contributed by atoms with Crippen molar-refractivity contribution in [3.8, 4) is 0 Å². The smallest absolute Gasteiger partial charge is 0.262 e. The van der Waals surface area contributed by atoms with Crippen molar-refractivity contribution < 1.29 is 4.79 Å². The molecule has 152 valence electrons. The van der Waals surface area contributed by atoms with Crippen LogP contribution in [0, 0.1) is 5.92 Å². The zero-order chi connectivity index (χ0) is 20.1. The van der Waals surface area contributed by atoms with Crippen LogP contribution < -0.4 is 10.6 Å². The highest BCUT2D eigenvalue weighted by atomic mass is 35.5. The summed E-state index contributed by atoms with van der Waals surface area (Å²) in [4.78, 5) is 23.8. The minimum Gasteiger partial charge on any atom is -0.381 e. The molecule has 1 aromatic heterocycles. The summed E-state index contributed by atoms with van der Waals surface area (Å²) in [5.41, 5.74) is 3.04. The van der Waals surface area contributed by atoms with Crippen LogP contribution in [0.3, 0.4) is 0 Å². The van der Waals surface area contributed by atoms with Crippen molar-refractivity contribution in [2.45, 2.75) is 37.8 Å². The molecule has 1 amide bonds. The molecule has 2 atom stereocenters. The molecule has 0 spiro atoms. The minimum atomic E-state index is 0.0299. The third-order valence-corrected chi connectivity index (χ3v) is 7.47. The lowest BCUT2D eigenvalue weighted by atomic mass is 9.89. The normalized spacial score (nSPS) is 26.7. The lowest BCUT2D eigenvalue weighted by Crippen LogP contribution is -2.47. The number of rotatable bonds is 3. The highest BCUT2D eigenvalue weighted by molar-refractivity contribution is 8.04. The molecule has 2 aliphatic carbocycles. The third-order valence-electron chi connectivity index (χ3n) is 5.90. The molecule has 0 saturated heterocycles. The Labute approximate surface area is 183 Å². The van der Waals surface area contributed by atoms with Crippen LogP contribution in [0.25, 0.3) is 0 Å². The third kappa shape index (κ3) is 3.64. The van der Waals surface area contributed by atoms with Gasteiger partial charge in [-0.3, -0.25) is 4.79 Å². The number of halogens is 2. The maximum absolute atomic E-state index is 13.0. The number of nitrogens with zero attached hydrogens (tertiary/aromatic N) is 3. The van der Waals surface area contributed by atoms with Gasteiger partial charge in [-0.2, -0.15) is 4.98 Å². The van der Waals surface area contributed by atoms with Gasteiger partial charge in [-0.25, -0.2) is 4.98 Å². The van der Waals surface area contributed by atoms with Gasteiger partial charge in [-0.15, -0.1) is 11.8 Å². The number of likely N-dealkylation sites (N-methyl/N-ethyl adjacent to an activating group) is 1. The highest BCUT2D eigenvalue weighted by Gasteiger charge is 2.41. The van der Waals surface area contributed by atoms with Gasteiger partial charge >= 0.3 is 0 Å². The van der Waals surface area contributed by atoms with Crippen molar-refractivity contribution in [1.82, 2.24) is 20.2 Å². The number of aromatic nitrogens is 2. The predicted molar refractivity (Wildman–Crippen MR) is 117 cm³/mol. The molecule has 4 aliphatic rings. The average molecular weight is 450 g/mol. The molecular formula is C20H21Cl2N5OS. The van der Waals surface area contributed by atoms with Gasteiger partial charge in [0.05, 0.1) is 22.8 Å². The Morgan fingerprint density at radius 3 is 2.93 bits per heavy atom. The molecule has 1 aromatic rings. The van der Waals surface area contributed by atoms with Crippen molar-refractivity contribution in [2.24, 2.45) is 5.92 Å². The fourth-order valence-electron chi connectivity index (χ4n) is 4.17. The number of nitrogens with one attached hydrogen (secondary N) is 2. The number of amides is 1. The summed E-state index contributed by atoms with van der Waals surface area (Å²) in [6.07, 6.45) is 10.0. The number of thioether (sulfide) groups is 1. The number of hydrogen-bond acceptors (Lipinski definition) is 6. The van der Waals surface area contributed by atoms with Gasteiger partial charge in [0.2, 0.25) is 5.28 Å². The van der Waals surface area contributed by atoms with Gasteiger partial charge in [-0.1, -0.05) is 17.7 Å². The van der Waals surface area contributed by atoms with E-state index in [0.29, 0.717) is 16.9 Å². The van der Waals surface area contributed by atoms with Crippen molar-refractivity contribution in [1.29, 1.82) is 0 Å². The summed E-state index contributed by atoms with van der Waals surface area (Å²) in [7, 11) is 1.89. The molecule has 0 radical (unpaired) electrons. The molecular weight excluding hydrogens is 429 g/mol. The summed E-state index contributed by atoms with van der Waals surface area (Å²) in [5.74, 6) is 2.30. The molecule has 5 rings (SSSR count). The number of fused-ring (bicyclic) bond motifs is 2. The Morgan fingerprint density at radius 1 is 1.31 bits per heavy atom. The Kier molecular flexibility index (Phi) is 5.00. The average Bonchev–Trinajstić information content (AvgIpc) is 3.55.